The number of nitrogens with zero attached hydrogens (tertiary/aromatic N) is 2. The molecule has 0 atom stereocenters. The van der Waals surface area contributed by atoms with Crippen molar-refractivity contribution in [1.82, 2.24) is 4.98 Å². The molecule has 31 heavy (non-hydrogen) atoms. The Bertz CT molecular complexity index is 1260. The normalized spacial score (nSPS) is 11.0. The van der Waals surface area contributed by atoms with Crippen LogP contribution < -0.4 is 4.74 Å². The van der Waals surface area contributed by atoms with Crippen LogP contribution in [0.4, 0.5) is 5.69 Å². The summed E-state index contributed by atoms with van der Waals surface area (Å²) >= 11 is 0. The molecule has 8 heteroatoms. The minimum absolute atomic E-state index is 0.0656. The molecule has 0 bridgehead atoms. The van der Waals surface area contributed by atoms with Crippen molar-refractivity contribution in [2.24, 2.45) is 0 Å². The van der Waals surface area contributed by atoms with Gasteiger partial charge in [0.2, 0.25) is 5.89 Å². The van der Waals surface area contributed by atoms with Gasteiger partial charge < -0.3 is 13.9 Å². The summed E-state index contributed by atoms with van der Waals surface area (Å²) in [6.07, 6.45) is 0.772. The first-order chi connectivity index (χ1) is 15.0. The SMILES string of the molecule is CCOC(=O)CCCOc1cc2ccccc2cc1-c1nc2ccc([N+](=O)[O-])cc2o1. The maximum atomic E-state index is 11.5. The minimum atomic E-state index is -0.476. The Morgan fingerprint density at radius 3 is 2.65 bits per heavy atom. The van der Waals surface area contributed by atoms with Gasteiger partial charge in [-0.15, -0.1) is 0 Å². The molecular formula is C23H20N2O6. The van der Waals surface area contributed by atoms with Crippen LogP contribution in [0.3, 0.4) is 0 Å². The highest BCUT2D eigenvalue weighted by atomic mass is 16.6. The number of benzene rings is 3. The maximum absolute atomic E-state index is 11.5. The predicted molar refractivity (Wildman–Crippen MR) is 115 cm³/mol. The molecule has 1 heterocycles. The summed E-state index contributed by atoms with van der Waals surface area (Å²) in [5.41, 5.74) is 1.41. The summed E-state index contributed by atoms with van der Waals surface area (Å²) in [5.74, 6) is 0.607. The van der Waals surface area contributed by atoms with Crippen LogP contribution in [0, 0.1) is 10.1 Å². The Hall–Kier alpha value is -3.94. The van der Waals surface area contributed by atoms with Crippen LogP contribution in [0.5, 0.6) is 5.75 Å². The van der Waals surface area contributed by atoms with Crippen molar-refractivity contribution in [2.45, 2.75) is 19.8 Å². The lowest BCUT2D eigenvalue weighted by Gasteiger charge is -2.11. The predicted octanol–water partition coefficient (Wildman–Crippen LogP) is 5.28. The zero-order valence-electron chi connectivity index (χ0n) is 16.9. The molecule has 0 radical (unpaired) electrons. The Kier molecular flexibility index (Phi) is 5.79. The van der Waals surface area contributed by atoms with Crippen molar-refractivity contribution in [3.8, 4) is 17.2 Å². The number of non-ortho nitro benzene ring substituents is 1. The number of carbonyl (C=O) groups is 1. The van der Waals surface area contributed by atoms with Gasteiger partial charge in [-0.25, -0.2) is 4.98 Å². The number of aromatic nitrogens is 1. The number of nitro benzene ring substituents is 1. The van der Waals surface area contributed by atoms with Gasteiger partial charge in [0.15, 0.2) is 5.58 Å². The first kappa shape index (κ1) is 20.3. The summed E-state index contributed by atoms with van der Waals surface area (Å²) in [5, 5.41) is 13.0. The van der Waals surface area contributed by atoms with Crippen LogP contribution in [-0.2, 0) is 9.53 Å². The number of carbonyl (C=O) groups excluding carboxylic acids is 1. The smallest absolute Gasteiger partial charge is 0.305 e. The Labute approximate surface area is 177 Å². The number of nitro groups is 1. The molecule has 0 spiro atoms. The minimum Gasteiger partial charge on any atom is -0.493 e. The van der Waals surface area contributed by atoms with Gasteiger partial charge in [-0.3, -0.25) is 14.9 Å². The fraction of sp³-hybridized carbons (Fsp3) is 0.217. The fourth-order valence-corrected chi connectivity index (χ4v) is 3.28. The lowest BCUT2D eigenvalue weighted by molar-refractivity contribution is -0.384. The van der Waals surface area contributed by atoms with E-state index in [1.165, 1.54) is 12.1 Å². The molecule has 0 unspecified atom stereocenters. The molecule has 158 valence electrons. The van der Waals surface area contributed by atoms with Crippen LogP contribution in [0.25, 0.3) is 33.3 Å². The van der Waals surface area contributed by atoms with Crippen LogP contribution in [0.2, 0.25) is 0 Å². The average Bonchev–Trinajstić information content (AvgIpc) is 3.19. The fourth-order valence-electron chi connectivity index (χ4n) is 3.28. The van der Waals surface area contributed by atoms with Crippen molar-refractivity contribution in [2.75, 3.05) is 13.2 Å². The van der Waals surface area contributed by atoms with E-state index >= 15 is 0 Å². The summed E-state index contributed by atoms with van der Waals surface area (Å²) in [6.45, 7) is 2.44. The highest BCUT2D eigenvalue weighted by molar-refractivity contribution is 5.90. The molecule has 0 aliphatic rings. The zero-order valence-corrected chi connectivity index (χ0v) is 16.9. The second kappa shape index (κ2) is 8.83. The monoisotopic (exact) mass is 420 g/mol. The quantitative estimate of drug-likeness (QED) is 0.165. The van der Waals surface area contributed by atoms with Crippen molar-refractivity contribution < 1.29 is 23.6 Å². The van der Waals surface area contributed by atoms with Crippen LogP contribution in [0.1, 0.15) is 19.8 Å². The van der Waals surface area contributed by atoms with Gasteiger partial charge in [0.25, 0.3) is 5.69 Å². The van der Waals surface area contributed by atoms with Gasteiger partial charge in [-0.2, -0.15) is 0 Å². The van der Waals surface area contributed by atoms with E-state index in [0.717, 1.165) is 10.8 Å². The molecule has 0 saturated heterocycles. The highest BCUT2D eigenvalue weighted by Crippen LogP contribution is 2.36. The van der Waals surface area contributed by atoms with Crippen molar-refractivity contribution in [3.05, 3.63) is 64.7 Å². The molecule has 4 rings (SSSR count). The van der Waals surface area contributed by atoms with E-state index in [-0.39, 0.29) is 18.1 Å². The van der Waals surface area contributed by atoms with Gasteiger partial charge >= 0.3 is 5.97 Å². The van der Waals surface area contributed by atoms with Crippen molar-refractivity contribution in [3.63, 3.8) is 0 Å². The lowest BCUT2D eigenvalue weighted by Crippen LogP contribution is -2.07. The van der Waals surface area contributed by atoms with Crippen LogP contribution in [0.15, 0.2) is 59.0 Å². The van der Waals surface area contributed by atoms with Gasteiger partial charge in [0.1, 0.15) is 11.3 Å². The second-order valence-electron chi connectivity index (χ2n) is 6.88. The molecular weight excluding hydrogens is 400 g/mol. The molecule has 0 aliphatic carbocycles. The summed E-state index contributed by atoms with van der Waals surface area (Å²) in [6, 6.07) is 15.9. The zero-order chi connectivity index (χ0) is 21.8. The second-order valence-corrected chi connectivity index (χ2v) is 6.88. The molecule has 8 nitrogen and oxygen atoms in total. The van der Waals surface area contributed by atoms with Gasteiger partial charge in [0.05, 0.1) is 29.8 Å². The topological polar surface area (TPSA) is 105 Å². The molecule has 0 saturated carbocycles. The van der Waals surface area contributed by atoms with Crippen LogP contribution >= 0.6 is 0 Å². The Morgan fingerprint density at radius 2 is 1.90 bits per heavy atom. The number of esters is 1. The first-order valence-electron chi connectivity index (χ1n) is 9.91. The summed E-state index contributed by atoms with van der Waals surface area (Å²) in [4.78, 5) is 26.6. The molecule has 0 N–H and O–H groups in total. The van der Waals surface area contributed by atoms with E-state index in [1.807, 2.05) is 36.4 Å². The van der Waals surface area contributed by atoms with Crippen molar-refractivity contribution >= 4 is 33.5 Å². The van der Waals surface area contributed by atoms with E-state index in [4.69, 9.17) is 13.9 Å². The van der Waals surface area contributed by atoms with Crippen LogP contribution in [-0.4, -0.2) is 29.1 Å². The van der Waals surface area contributed by atoms with E-state index in [1.54, 1.807) is 13.0 Å². The average molecular weight is 420 g/mol. The number of hydrogen-bond donors (Lipinski definition) is 0. The van der Waals surface area contributed by atoms with E-state index < -0.39 is 4.92 Å². The Morgan fingerprint density at radius 1 is 1.13 bits per heavy atom. The Balaban J connectivity index is 1.67. The molecule has 0 aliphatic heterocycles. The van der Waals surface area contributed by atoms with E-state index in [9.17, 15) is 14.9 Å². The van der Waals surface area contributed by atoms with E-state index in [0.29, 0.717) is 47.9 Å². The lowest BCUT2D eigenvalue weighted by atomic mass is 10.1. The van der Waals surface area contributed by atoms with Gasteiger partial charge in [0, 0.05) is 12.5 Å². The summed E-state index contributed by atoms with van der Waals surface area (Å²) < 4.78 is 16.7. The number of hydrogen-bond acceptors (Lipinski definition) is 7. The number of ether oxygens (including phenoxy) is 2. The third-order valence-corrected chi connectivity index (χ3v) is 4.75. The van der Waals surface area contributed by atoms with Gasteiger partial charge in [-0.05, 0) is 42.3 Å². The largest absolute Gasteiger partial charge is 0.493 e. The summed E-state index contributed by atoms with van der Waals surface area (Å²) in [7, 11) is 0. The number of fused-ring (bicyclic) bond motifs is 2. The maximum Gasteiger partial charge on any atom is 0.305 e. The first-order valence-corrected chi connectivity index (χ1v) is 9.91. The van der Waals surface area contributed by atoms with Gasteiger partial charge in [-0.1, -0.05) is 24.3 Å². The third-order valence-electron chi connectivity index (χ3n) is 4.75. The highest BCUT2D eigenvalue weighted by Gasteiger charge is 2.17. The van der Waals surface area contributed by atoms with E-state index in [2.05, 4.69) is 4.98 Å². The number of oxazole rings is 1. The molecule has 3 aromatic carbocycles. The third kappa shape index (κ3) is 4.48. The molecule has 0 fully saturated rings. The number of rotatable bonds is 8. The standard InChI is InChI=1S/C23H20N2O6/c1-2-29-22(26)8-5-11-30-20-13-16-7-4-3-6-15(16)12-18(20)23-24-19-10-9-17(25(27)28)14-21(19)31-23/h3-4,6-7,9-10,12-14H,2,5,8,11H2,1H3. The molecule has 0 amide bonds. The molecule has 4 aromatic rings. The van der Waals surface area contributed by atoms with Crippen molar-refractivity contribution in [1.29, 1.82) is 0 Å². The molecule has 1 aromatic heterocycles.